The Hall–Kier alpha value is -3.14. The van der Waals surface area contributed by atoms with Crippen LogP contribution in [0.1, 0.15) is 23.2 Å². The Bertz CT molecular complexity index is 1070. The summed E-state index contributed by atoms with van der Waals surface area (Å²) in [5, 5.41) is 19.2. The molecule has 146 valence electrons. The maximum absolute atomic E-state index is 5.47. The number of nitrogens with one attached hydrogen (secondary N) is 2. The summed E-state index contributed by atoms with van der Waals surface area (Å²) in [6.07, 6.45) is 4.69. The summed E-state index contributed by atoms with van der Waals surface area (Å²) in [5.74, 6) is 2.32. The largest absolute Gasteiger partial charge is 0.496 e. The maximum Gasteiger partial charge on any atom is 0.216 e. The third-order valence-electron chi connectivity index (χ3n) is 4.72. The zero-order valence-electron chi connectivity index (χ0n) is 15.8. The second kappa shape index (κ2) is 7.47. The van der Waals surface area contributed by atoms with Crippen molar-refractivity contribution < 1.29 is 14.2 Å². The van der Waals surface area contributed by atoms with Crippen molar-refractivity contribution in [3.63, 3.8) is 0 Å². The topological polar surface area (TPSA) is 102 Å². The van der Waals surface area contributed by atoms with E-state index in [1.807, 2.05) is 0 Å². The van der Waals surface area contributed by atoms with Gasteiger partial charge in [-0.1, -0.05) is 0 Å². The minimum Gasteiger partial charge on any atom is -0.496 e. The minimum atomic E-state index is 0.368. The monoisotopic (exact) mass is 400 g/mol. The Balaban J connectivity index is 1.78. The third-order valence-corrected chi connectivity index (χ3v) is 4.99. The highest BCUT2D eigenvalue weighted by atomic mass is 32.1. The molecule has 2 heterocycles. The number of hydrogen-bond donors (Lipinski definition) is 2. The Morgan fingerprint density at radius 2 is 1.82 bits per heavy atom. The fraction of sp³-hybridized carbons (Fsp3) is 0.333. The molecule has 0 amide bonds. The van der Waals surface area contributed by atoms with E-state index in [4.69, 9.17) is 26.4 Å². The molecular formula is C18H20N6O3S. The molecule has 0 saturated carbocycles. The van der Waals surface area contributed by atoms with E-state index in [0.29, 0.717) is 33.4 Å². The molecule has 9 nitrogen and oxygen atoms in total. The number of hydrogen-bond acceptors (Lipinski definition) is 7. The number of H-pyrrole nitrogens is 2. The fourth-order valence-electron chi connectivity index (χ4n) is 3.33. The van der Waals surface area contributed by atoms with Crippen molar-refractivity contribution in [1.29, 1.82) is 0 Å². The van der Waals surface area contributed by atoms with Gasteiger partial charge in [0.05, 0.1) is 33.1 Å². The molecule has 0 spiro atoms. The SMILES string of the molecule is COc1cc(OC)c(/C=N/n2c(-c3n[nH]c4c3CCC4)n[nH]c2=S)c(OC)c1. The lowest BCUT2D eigenvalue weighted by Crippen LogP contribution is -2.01. The van der Waals surface area contributed by atoms with Crippen molar-refractivity contribution in [3.8, 4) is 28.8 Å². The summed E-state index contributed by atoms with van der Waals surface area (Å²) >= 11 is 5.36. The average molecular weight is 400 g/mol. The van der Waals surface area contributed by atoms with E-state index in [9.17, 15) is 0 Å². The van der Waals surface area contributed by atoms with Gasteiger partial charge in [0.25, 0.3) is 0 Å². The second-order valence-electron chi connectivity index (χ2n) is 6.24. The lowest BCUT2D eigenvalue weighted by atomic mass is 10.2. The van der Waals surface area contributed by atoms with Crippen molar-refractivity contribution >= 4 is 18.4 Å². The van der Waals surface area contributed by atoms with Gasteiger partial charge in [0.15, 0.2) is 0 Å². The molecule has 0 unspecified atom stereocenters. The van der Waals surface area contributed by atoms with Gasteiger partial charge in [0.1, 0.15) is 22.9 Å². The molecule has 0 saturated heterocycles. The number of ether oxygens (including phenoxy) is 3. The van der Waals surface area contributed by atoms with Gasteiger partial charge in [-0.25, -0.2) is 5.10 Å². The van der Waals surface area contributed by atoms with Gasteiger partial charge >= 0.3 is 0 Å². The number of benzene rings is 1. The predicted molar refractivity (Wildman–Crippen MR) is 106 cm³/mol. The Morgan fingerprint density at radius 1 is 1.07 bits per heavy atom. The number of rotatable bonds is 6. The number of fused-ring (bicyclic) bond motifs is 1. The molecule has 0 bridgehead atoms. The number of aryl methyl sites for hydroxylation is 1. The highest BCUT2D eigenvalue weighted by Crippen LogP contribution is 2.33. The minimum absolute atomic E-state index is 0.368. The molecule has 10 heteroatoms. The van der Waals surface area contributed by atoms with E-state index in [-0.39, 0.29) is 0 Å². The van der Waals surface area contributed by atoms with E-state index in [1.165, 1.54) is 5.56 Å². The zero-order valence-corrected chi connectivity index (χ0v) is 16.6. The van der Waals surface area contributed by atoms with Gasteiger partial charge < -0.3 is 14.2 Å². The fourth-order valence-corrected chi connectivity index (χ4v) is 3.51. The van der Waals surface area contributed by atoms with Crippen molar-refractivity contribution in [2.75, 3.05) is 21.3 Å². The van der Waals surface area contributed by atoms with Crippen molar-refractivity contribution in [3.05, 3.63) is 33.7 Å². The van der Waals surface area contributed by atoms with Gasteiger partial charge in [0.2, 0.25) is 10.6 Å². The Morgan fingerprint density at radius 3 is 2.50 bits per heavy atom. The van der Waals surface area contributed by atoms with Crippen LogP contribution in [0.2, 0.25) is 0 Å². The standard InChI is InChI=1S/C18H20N6O3S/c1-25-10-7-14(26-2)12(15(8-10)27-3)9-19-24-17(22-23-18(24)28)16-11-5-4-6-13(11)20-21-16/h7-9H,4-6H2,1-3H3,(H,20,21)(H,23,28)/b19-9+. The number of nitrogens with zero attached hydrogens (tertiary/aromatic N) is 4. The van der Waals surface area contributed by atoms with E-state index >= 15 is 0 Å². The van der Waals surface area contributed by atoms with Crippen molar-refractivity contribution in [2.24, 2.45) is 5.10 Å². The van der Waals surface area contributed by atoms with Crippen LogP contribution in [0, 0.1) is 4.77 Å². The first kappa shape index (κ1) is 18.2. The summed E-state index contributed by atoms with van der Waals surface area (Å²) < 4.78 is 18.1. The van der Waals surface area contributed by atoms with Gasteiger partial charge in [0, 0.05) is 23.4 Å². The Labute approximate surface area is 166 Å². The van der Waals surface area contributed by atoms with E-state index in [2.05, 4.69) is 25.5 Å². The van der Waals surface area contributed by atoms with Crippen LogP contribution in [0.3, 0.4) is 0 Å². The highest BCUT2D eigenvalue weighted by molar-refractivity contribution is 7.71. The molecule has 0 radical (unpaired) electrons. The molecule has 1 aromatic carbocycles. The van der Waals surface area contributed by atoms with E-state index < -0.39 is 0 Å². The predicted octanol–water partition coefficient (Wildman–Crippen LogP) is 2.73. The quantitative estimate of drug-likeness (QED) is 0.487. The van der Waals surface area contributed by atoms with Gasteiger partial charge in [-0.2, -0.15) is 20.0 Å². The molecule has 0 fully saturated rings. The average Bonchev–Trinajstić information content (AvgIpc) is 3.42. The first-order valence-corrected chi connectivity index (χ1v) is 9.15. The normalized spacial score (nSPS) is 13.1. The molecule has 2 aromatic heterocycles. The van der Waals surface area contributed by atoms with Crippen molar-refractivity contribution in [2.45, 2.75) is 19.3 Å². The number of aromatic amines is 2. The zero-order chi connectivity index (χ0) is 19.7. The maximum atomic E-state index is 5.47. The summed E-state index contributed by atoms with van der Waals surface area (Å²) in [6, 6.07) is 3.53. The van der Waals surface area contributed by atoms with Crippen LogP contribution in [-0.2, 0) is 12.8 Å². The first-order chi connectivity index (χ1) is 13.7. The van der Waals surface area contributed by atoms with Gasteiger partial charge in [-0.05, 0) is 31.5 Å². The van der Waals surface area contributed by atoms with Crippen LogP contribution in [-0.4, -0.2) is 52.6 Å². The van der Waals surface area contributed by atoms with Crippen LogP contribution in [0.4, 0.5) is 0 Å². The smallest absolute Gasteiger partial charge is 0.216 e. The molecule has 2 N–H and O–H groups in total. The third kappa shape index (κ3) is 3.05. The van der Waals surface area contributed by atoms with Crippen LogP contribution in [0.15, 0.2) is 17.2 Å². The molecule has 0 aliphatic heterocycles. The van der Waals surface area contributed by atoms with Gasteiger partial charge in [-0.3, -0.25) is 5.10 Å². The van der Waals surface area contributed by atoms with Crippen LogP contribution in [0.5, 0.6) is 17.2 Å². The molecule has 1 aliphatic carbocycles. The van der Waals surface area contributed by atoms with Crippen LogP contribution < -0.4 is 14.2 Å². The molecule has 28 heavy (non-hydrogen) atoms. The highest BCUT2D eigenvalue weighted by Gasteiger charge is 2.23. The lowest BCUT2D eigenvalue weighted by molar-refractivity contribution is 0.374. The lowest BCUT2D eigenvalue weighted by Gasteiger charge is -2.12. The van der Waals surface area contributed by atoms with E-state index in [0.717, 1.165) is 30.7 Å². The van der Waals surface area contributed by atoms with Gasteiger partial charge in [-0.15, -0.1) is 0 Å². The number of aromatic nitrogens is 5. The Kier molecular flexibility index (Phi) is 4.86. The number of methoxy groups -OCH3 is 3. The summed E-state index contributed by atoms with van der Waals surface area (Å²) in [4.78, 5) is 0. The second-order valence-corrected chi connectivity index (χ2v) is 6.62. The molecule has 4 rings (SSSR count). The van der Waals surface area contributed by atoms with Crippen LogP contribution in [0.25, 0.3) is 11.5 Å². The summed E-state index contributed by atoms with van der Waals surface area (Å²) in [6.45, 7) is 0. The summed E-state index contributed by atoms with van der Waals surface area (Å²) in [7, 11) is 4.74. The molecular weight excluding hydrogens is 380 g/mol. The van der Waals surface area contributed by atoms with Crippen molar-refractivity contribution in [1.82, 2.24) is 25.1 Å². The molecule has 3 aromatic rings. The summed E-state index contributed by atoms with van der Waals surface area (Å²) in [5.41, 5.74) is 3.75. The molecule has 0 atom stereocenters. The van der Waals surface area contributed by atoms with Crippen LogP contribution >= 0.6 is 12.2 Å². The first-order valence-electron chi connectivity index (χ1n) is 8.74. The van der Waals surface area contributed by atoms with E-state index in [1.54, 1.807) is 44.4 Å². The molecule has 1 aliphatic rings.